The fraction of sp³-hybridized carbons (Fsp3) is 0.129. The van der Waals surface area contributed by atoms with Crippen molar-refractivity contribution in [1.82, 2.24) is 0 Å². The smallest absolute Gasteiger partial charge is 0.0467 e. The van der Waals surface area contributed by atoms with Gasteiger partial charge in [-0.05, 0) is 153 Å². The molecule has 0 spiro atoms. The topological polar surface area (TPSA) is 15.3 Å². The number of fused-ring (bicyclic) bond motifs is 1. The van der Waals surface area contributed by atoms with Crippen molar-refractivity contribution in [1.29, 1.82) is 0 Å². The van der Waals surface area contributed by atoms with Crippen molar-refractivity contribution in [3.05, 3.63) is 253 Å². The van der Waals surface area contributed by atoms with E-state index in [-0.39, 0.29) is 5.41 Å². The first-order valence-corrected chi connectivity index (χ1v) is 22.4. The van der Waals surface area contributed by atoms with E-state index in [2.05, 4.69) is 215 Å². The monoisotopic (exact) mass is 830 g/mol. The second-order valence-electron chi connectivity index (χ2n) is 17.1. The Morgan fingerprint density at radius 3 is 1.91 bits per heavy atom. The number of aryl methyl sites for hydroxylation is 2. The minimum atomic E-state index is -0.212. The van der Waals surface area contributed by atoms with Crippen molar-refractivity contribution in [2.24, 2.45) is 0 Å². The Bertz CT molecular complexity index is 2940. The first-order chi connectivity index (χ1) is 31.2. The average Bonchev–Trinajstić information content (AvgIpc) is 3.55. The summed E-state index contributed by atoms with van der Waals surface area (Å²) in [5.74, 6) is 0. The molecular weight excluding hydrogens is 773 g/mol. The van der Waals surface area contributed by atoms with Crippen LogP contribution in [-0.2, 0) is 11.8 Å². The van der Waals surface area contributed by atoms with Gasteiger partial charge in [-0.15, -0.1) is 0 Å². The number of hydrogen-bond donors (Lipinski definition) is 1. The molecule has 64 heavy (non-hydrogen) atoms. The maximum Gasteiger partial charge on any atom is 0.0467 e. The Kier molecular flexibility index (Phi) is 12.8. The van der Waals surface area contributed by atoms with Gasteiger partial charge in [0.2, 0.25) is 0 Å². The van der Waals surface area contributed by atoms with Gasteiger partial charge < -0.3 is 10.2 Å². The molecule has 0 fully saturated rings. The summed E-state index contributed by atoms with van der Waals surface area (Å²) in [7, 11) is 0. The summed E-state index contributed by atoms with van der Waals surface area (Å²) in [4.78, 5) is 2.41. The van der Waals surface area contributed by atoms with Gasteiger partial charge in [0.25, 0.3) is 0 Å². The summed E-state index contributed by atoms with van der Waals surface area (Å²) in [5.41, 5.74) is 22.0. The predicted molar refractivity (Wildman–Crippen MR) is 279 cm³/mol. The third-order valence-corrected chi connectivity index (χ3v) is 12.6. The van der Waals surface area contributed by atoms with E-state index in [9.17, 15) is 0 Å². The van der Waals surface area contributed by atoms with Gasteiger partial charge in [-0.2, -0.15) is 0 Å². The van der Waals surface area contributed by atoms with E-state index < -0.39 is 0 Å². The molecule has 0 radical (unpaired) electrons. The number of nitrogens with zero attached hydrogens (tertiary/aromatic N) is 1. The third kappa shape index (κ3) is 8.52. The molecular formula is C62H58N2. The number of nitrogens with one attached hydrogen (secondary N) is 1. The second-order valence-corrected chi connectivity index (χ2v) is 17.1. The van der Waals surface area contributed by atoms with Crippen molar-refractivity contribution in [3.63, 3.8) is 0 Å². The fourth-order valence-corrected chi connectivity index (χ4v) is 9.34. The molecule has 316 valence electrons. The minimum Gasteiger partial charge on any atom is -0.355 e. The van der Waals surface area contributed by atoms with Crippen LogP contribution in [0, 0.1) is 6.92 Å². The van der Waals surface area contributed by atoms with Crippen LogP contribution in [0.25, 0.3) is 44.5 Å². The van der Waals surface area contributed by atoms with E-state index in [0.717, 1.165) is 74.7 Å². The van der Waals surface area contributed by atoms with Gasteiger partial charge in [-0.25, -0.2) is 0 Å². The van der Waals surface area contributed by atoms with Crippen molar-refractivity contribution < 1.29 is 0 Å². The Hall–Kier alpha value is -7.42. The van der Waals surface area contributed by atoms with E-state index in [1.54, 1.807) is 0 Å². The summed E-state index contributed by atoms with van der Waals surface area (Å²) in [6, 6.07) is 59.6. The lowest BCUT2D eigenvalue weighted by Gasteiger charge is -2.29. The molecule has 0 heterocycles. The first kappa shape index (κ1) is 43.2. The van der Waals surface area contributed by atoms with Crippen LogP contribution in [0.15, 0.2) is 225 Å². The second kappa shape index (κ2) is 18.9. The van der Waals surface area contributed by atoms with Crippen LogP contribution in [0.3, 0.4) is 0 Å². The highest BCUT2D eigenvalue weighted by Crippen LogP contribution is 2.50. The summed E-state index contributed by atoms with van der Waals surface area (Å²) in [5, 5.41) is 3.56. The molecule has 1 aliphatic rings. The van der Waals surface area contributed by atoms with Crippen LogP contribution < -0.4 is 10.2 Å². The van der Waals surface area contributed by atoms with Crippen LogP contribution >= 0.6 is 0 Å². The Morgan fingerprint density at radius 1 is 0.609 bits per heavy atom. The standard InChI is InChI=1S/C62H58N2/c1-9-20-47-34-37-52(41-58(47)55-27-18-17-22-43(55)6)64(53-38-39-57-54(11-3)59(12-4)62(7,8)60(57)42-53)51-35-32-45(33-36-51)44-28-30-46(31-29-44)48-23-19-24-49(40-48)56(21-10-2)61(13-5)63-50-25-15-14-16-26-50/h10-19,21-42,63H,3-5,9,20H2,1-2,6-8H3/b21-10-,61-56-. The Balaban J connectivity index is 1.15. The van der Waals surface area contributed by atoms with Crippen molar-refractivity contribution in [2.45, 2.75) is 52.9 Å². The maximum atomic E-state index is 4.21. The summed E-state index contributed by atoms with van der Waals surface area (Å²) in [6.45, 7) is 23.6. The van der Waals surface area contributed by atoms with Crippen LogP contribution in [0.5, 0.6) is 0 Å². The summed E-state index contributed by atoms with van der Waals surface area (Å²) in [6.07, 6.45) is 12.2. The van der Waals surface area contributed by atoms with Gasteiger partial charge in [0.15, 0.2) is 0 Å². The third-order valence-electron chi connectivity index (χ3n) is 12.6. The highest BCUT2D eigenvalue weighted by Gasteiger charge is 2.36. The molecule has 0 saturated carbocycles. The molecule has 0 aromatic heterocycles. The number of benzene rings is 7. The van der Waals surface area contributed by atoms with Crippen LogP contribution in [0.4, 0.5) is 22.7 Å². The lowest BCUT2D eigenvalue weighted by molar-refractivity contribution is 0.654. The molecule has 7 aromatic carbocycles. The zero-order valence-corrected chi connectivity index (χ0v) is 38.0. The SMILES string of the molecule is C=CC1=C(C=C)C(C)(C)c2cc(N(c3ccc(-c4ccc(-c5cccc(C(/C=C\C)=C(/C=C)Nc6ccccc6)c5)cc4)cc3)c3ccc(CCC)c(-c4ccccc4C)c3)ccc21. The molecule has 0 bridgehead atoms. The number of allylic oxidation sites excluding steroid dienone is 8. The molecule has 0 unspecified atom stereocenters. The van der Waals surface area contributed by atoms with Gasteiger partial charge in [0.1, 0.15) is 0 Å². The normalized spacial score (nSPS) is 13.3. The van der Waals surface area contributed by atoms with Crippen LogP contribution in [0.2, 0.25) is 0 Å². The van der Waals surface area contributed by atoms with Crippen molar-refractivity contribution in [2.75, 3.05) is 10.2 Å². The molecule has 0 aliphatic heterocycles. The number of para-hydroxylation sites is 1. The van der Waals surface area contributed by atoms with E-state index in [0.29, 0.717) is 0 Å². The van der Waals surface area contributed by atoms with Crippen molar-refractivity contribution in [3.8, 4) is 33.4 Å². The minimum absolute atomic E-state index is 0.212. The van der Waals surface area contributed by atoms with Gasteiger partial charge in [-0.3, -0.25) is 0 Å². The Labute approximate surface area is 381 Å². The molecule has 0 atom stereocenters. The maximum absolute atomic E-state index is 4.21. The summed E-state index contributed by atoms with van der Waals surface area (Å²) >= 11 is 0. The van der Waals surface area contributed by atoms with E-state index in [1.807, 2.05) is 43.4 Å². The lowest BCUT2D eigenvalue weighted by Crippen LogP contribution is -2.17. The lowest BCUT2D eigenvalue weighted by atomic mass is 9.81. The zero-order valence-electron chi connectivity index (χ0n) is 38.0. The highest BCUT2D eigenvalue weighted by atomic mass is 15.1. The molecule has 0 saturated heterocycles. The van der Waals surface area contributed by atoms with Crippen LogP contribution in [0.1, 0.15) is 61.9 Å². The van der Waals surface area contributed by atoms with Crippen molar-refractivity contribution >= 4 is 33.9 Å². The number of hydrogen-bond acceptors (Lipinski definition) is 2. The molecule has 2 heteroatoms. The zero-order chi connectivity index (χ0) is 44.8. The fourth-order valence-electron chi connectivity index (χ4n) is 9.34. The van der Waals surface area contributed by atoms with E-state index in [1.165, 1.54) is 44.5 Å². The molecule has 1 aliphatic carbocycles. The Morgan fingerprint density at radius 2 is 1.25 bits per heavy atom. The predicted octanol–water partition coefficient (Wildman–Crippen LogP) is 17.4. The number of rotatable bonds is 15. The molecule has 1 N–H and O–H groups in total. The van der Waals surface area contributed by atoms with Gasteiger partial charge in [0, 0.05) is 39.4 Å². The molecule has 7 aromatic rings. The quantitative estimate of drug-likeness (QED) is 0.104. The average molecular weight is 831 g/mol. The van der Waals surface area contributed by atoms with Crippen LogP contribution in [-0.4, -0.2) is 0 Å². The highest BCUT2D eigenvalue weighted by molar-refractivity contribution is 5.91. The number of anilines is 4. The first-order valence-electron chi connectivity index (χ1n) is 22.4. The largest absolute Gasteiger partial charge is 0.355 e. The van der Waals surface area contributed by atoms with E-state index in [4.69, 9.17) is 0 Å². The van der Waals surface area contributed by atoms with Gasteiger partial charge in [-0.1, -0.05) is 180 Å². The van der Waals surface area contributed by atoms with Gasteiger partial charge in [0.05, 0.1) is 0 Å². The molecule has 8 rings (SSSR count). The van der Waals surface area contributed by atoms with E-state index >= 15 is 0 Å². The van der Waals surface area contributed by atoms with Gasteiger partial charge >= 0.3 is 0 Å². The molecule has 0 amide bonds. The summed E-state index contributed by atoms with van der Waals surface area (Å²) < 4.78 is 0. The molecule has 2 nitrogen and oxygen atoms in total.